The fraction of sp³-hybridized carbons (Fsp3) is 0.333. The van der Waals surface area contributed by atoms with Crippen molar-refractivity contribution in [3.63, 3.8) is 0 Å². The Morgan fingerprint density at radius 3 is 2.25 bits per heavy atom. The quantitative estimate of drug-likeness (QED) is 0.466. The van der Waals surface area contributed by atoms with Crippen LogP contribution in [0.2, 0.25) is 0 Å². The molecule has 1 unspecified atom stereocenters. The predicted molar refractivity (Wildman–Crippen MR) is 135 cm³/mol. The summed E-state index contributed by atoms with van der Waals surface area (Å²) in [6, 6.07) is 10.5. The third kappa shape index (κ3) is 5.31. The minimum atomic E-state index is -1.43. The lowest BCUT2D eigenvalue weighted by molar-refractivity contribution is -0.161. The molecule has 0 saturated heterocycles. The zero-order chi connectivity index (χ0) is 26.9. The number of carbonyl (C=O) groups excluding carboxylic acids is 1. The minimum absolute atomic E-state index is 0.200. The standard InChI is InChI=1S/C27H30N2O7/c1-15-7-9-18(11-16(15)2)21-19-10-8-17(13-29(14-30)26(34)35)12-20(19)24(31)28(6)22(21)23(25(32)33)36-27(3,4)5/h7-12,14,23H,13H2,1-6H3,(H,32,33)(H,34,35). The lowest BCUT2D eigenvalue weighted by Gasteiger charge is -2.29. The van der Waals surface area contributed by atoms with Crippen molar-refractivity contribution < 1.29 is 29.3 Å². The van der Waals surface area contributed by atoms with Crippen LogP contribution in [0, 0.1) is 13.8 Å². The van der Waals surface area contributed by atoms with Gasteiger partial charge in [0, 0.05) is 18.0 Å². The van der Waals surface area contributed by atoms with Crippen LogP contribution in [0.4, 0.5) is 4.79 Å². The lowest BCUT2D eigenvalue weighted by Crippen LogP contribution is -2.33. The first-order valence-electron chi connectivity index (χ1n) is 11.3. The summed E-state index contributed by atoms with van der Waals surface area (Å²) in [6.45, 7) is 8.90. The molecule has 9 nitrogen and oxygen atoms in total. The van der Waals surface area contributed by atoms with E-state index < -0.39 is 29.3 Å². The van der Waals surface area contributed by atoms with Crippen LogP contribution in [0.3, 0.4) is 0 Å². The Bertz CT molecular complexity index is 1420. The number of amides is 2. The van der Waals surface area contributed by atoms with E-state index in [1.54, 1.807) is 32.9 Å². The molecule has 1 aromatic heterocycles. The van der Waals surface area contributed by atoms with Gasteiger partial charge in [0.1, 0.15) is 0 Å². The smallest absolute Gasteiger partial charge is 0.414 e. The van der Waals surface area contributed by atoms with Crippen molar-refractivity contribution in [1.29, 1.82) is 0 Å². The molecule has 0 bridgehead atoms. The number of aryl methyl sites for hydroxylation is 2. The van der Waals surface area contributed by atoms with Crippen molar-refractivity contribution >= 4 is 29.2 Å². The Labute approximate surface area is 208 Å². The van der Waals surface area contributed by atoms with Crippen molar-refractivity contribution in [3.05, 3.63) is 69.1 Å². The van der Waals surface area contributed by atoms with Crippen molar-refractivity contribution in [2.75, 3.05) is 0 Å². The zero-order valence-corrected chi connectivity index (χ0v) is 21.2. The van der Waals surface area contributed by atoms with Gasteiger partial charge in [-0.3, -0.25) is 9.59 Å². The normalized spacial score (nSPS) is 12.4. The second-order valence-corrected chi connectivity index (χ2v) is 9.77. The van der Waals surface area contributed by atoms with E-state index in [1.807, 2.05) is 32.0 Å². The second kappa shape index (κ2) is 9.94. The Morgan fingerprint density at radius 2 is 1.72 bits per heavy atom. The van der Waals surface area contributed by atoms with Gasteiger partial charge in [-0.05, 0) is 68.3 Å². The third-order valence-electron chi connectivity index (χ3n) is 5.97. The Hall–Kier alpha value is -3.98. The molecule has 2 N–H and O–H groups in total. The fourth-order valence-corrected chi connectivity index (χ4v) is 4.11. The summed E-state index contributed by atoms with van der Waals surface area (Å²) in [5, 5.41) is 20.1. The Kier molecular flexibility index (Phi) is 7.35. The fourth-order valence-electron chi connectivity index (χ4n) is 4.11. The number of pyridine rings is 1. The molecule has 190 valence electrons. The summed E-state index contributed by atoms with van der Waals surface area (Å²) >= 11 is 0. The summed E-state index contributed by atoms with van der Waals surface area (Å²) in [5.41, 5.74) is 2.65. The largest absolute Gasteiger partial charge is 0.479 e. The molecule has 0 aliphatic rings. The van der Waals surface area contributed by atoms with Gasteiger partial charge in [0.25, 0.3) is 5.56 Å². The third-order valence-corrected chi connectivity index (χ3v) is 5.97. The first-order valence-corrected chi connectivity index (χ1v) is 11.3. The number of fused-ring (bicyclic) bond motifs is 1. The number of aliphatic carboxylic acids is 1. The molecule has 9 heteroatoms. The van der Waals surface area contributed by atoms with Crippen LogP contribution in [0.5, 0.6) is 0 Å². The van der Waals surface area contributed by atoms with Crippen LogP contribution in [-0.4, -0.2) is 43.8 Å². The van der Waals surface area contributed by atoms with Gasteiger partial charge in [0.2, 0.25) is 6.41 Å². The predicted octanol–water partition coefficient (Wildman–Crippen LogP) is 4.40. The molecule has 2 amide bonds. The number of benzene rings is 2. The van der Waals surface area contributed by atoms with E-state index in [9.17, 15) is 29.4 Å². The first kappa shape index (κ1) is 26.6. The molecule has 0 radical (unpaired) electrons. The van der Waals surface area contributed by atoms with Crippen molar-refractivity contribution in [2.24, 2.45) is 7.05 Å². The molecule has 36 heavy (non-hydrogen) atoms. The van der Waals surface area contributed by atoms with Crippen molar-refractivity contribution in [2.45, 2.75) is 52.9 Å². The van der Waals surface area contributed by atoms with Gasteiger partial charge >= 0.3 is 12.1 Å². The number of carboxylic acid groups (broad SMARTS) is 2. The summed E-state index contributed by atoms with van der Waals surface area (Å²) in [7, 11) is 1.49. The summed E-state index contributed by atoms with van der Waals surface area (Å²) < 4.78 is 7.21. The molecular weight excluding hydrogens is 464 g/mol. The maximum absolute atomic E-state index is 13.5. The average Bonchev–Trinajstić information content (AvgIpc) is 2.79. The number of aromatic nitrogens is 1. The number of carbonyl (C=O) groups is 3. The van der Waals surface area contributed by atoms with Crippen LogP contribution < -0.4 is 5.56 Å². The number of nitrogens with zero attached hydrogens (tertiary/aromatic N) is 2. The number of carboxylic acids is 1. The van der Waals surface area contributed by atoms with E-state index >= 15 is 0 Å². The highest BCUT2D eigenvalue weighted by Crippen LogP contribution is 2.37. The van der Waals surface area contributed by atoms with Crippen molar-refractivity contribution in [1.82, 2.24) is 9.47 Å². The maximum Gasteiger partial charge on any atom is 0.414 e. The number of hydrogen-bond acceptors (Lipinski definition) is 5. The Morgan fingerprint density at radius 1 is 1.06 bits per heavy atom. The van der Waals surface area contributed by atoms with E-state index in [2.05, 4.69) is 0 Å². The molecule has 3 rings (SSSR count). The van der Waals surface area contributed by atoms with Crippen molar-refractivity contribution in [3.8, 4) is 11.1 Å². The van der Waals surface area contributed by atoms with Crippen LogP contribution in [0.15, 0.2) is 41.2 Å². The molecular formula is C27H30N2O7. The first-order chi connectivity index (χ1) is 16.7. The SMILES string of the molecule is Cc1ccc(-c2c(C(OC(C)(C)C)C(=O)O)n(C)c(=O)c3cc(CN(C=O)C(=O)O)ccc23)cc1C. The number of imide groups is 1. The molecule has 2 aromatic carbocycles. The molecule has 0 spiro atoms. The van der Waals surface area contributed by atoms with Gasteiger partial charge < -0.3 is 19.5 Å². The molecule has 1 atom stereocenters. The molecule has 0 aliphatic carbocycles. The molecule has 0 aliphatic heterocycles. The highest BCUT2D eigenvalue weighted by Gasteiger charge is 2.33. The molecule has 0 fully saturated rings. The van der Waals surface area contributed by atoms with Crippen LogP contribution in [0.1, 0.15) is 49.3 Å². The molecule has 0 saturated carbocycles. The van der Waals surface area contributed by atoms with Crippen LogP contribution in [-0.2, 0) is 27.9 Å². The van der Waals surface area contributed by atoms with Gasteiger partial charge in [-0.2, -0.15) is 0 Å². The van der Waals surface area contributed by atoms with E-state index in [1.165, 1.54) is 17.7 Å². The number of rotatable bonds is 7. The van der Waals surface area contributed by atoms with Gasteiger partial charge in [0.15, 0.2) is 6.10 Å². The summed E-state index contributed by atoms with van der Waals surface area (Å²) in [6.07, 6.45) is -2.64. The van der Waals surface area contributed by atoms with Crippen LogP contribution >= 0.6 is 0 Å². The highest BCUT2D eigenvalue weighted by atomic mass is 16.5. The van der Waals surface area contributed by atoms with Gasteiger partial charge in [-0.1, -0.05) is 30.3 Å². The van der Waals surface area contributed by atoms with Gasteiger partial charge in [-0.15, -0.1) is 0 Å². The van der Waals surface area contributed by atoms with Crippen LogP contribution in [0.25, 0.3) is 21.9 Å². The van der Waals surface area contributed by atoms with E-state index in [4.69, 9.17) is 4.74 Å². The van der Waals surface area contributed by atoms with E-state index in [-0.39, 0.29) is 24.0 Å². The maximum atomic E-state index is 13.5. The summed E-state index contributed by atoms with van der Waals surface area (Å²) in [5.74, 6) is -1.23. The second-order valence-electron chi connectivity index (χ2n) is 9.77. The van der Waals surface area contributed by atoms with Gasteiger partial charge in [0.05, 0.1) is 17.8 Å². The number of ether oxygens (including phenoxy) is 1. The van der Waals surface area contributed by atoms with Gasteiger partial charge in [-0.25, -0.2) is 14.5 Å². The minimum Gasteiger partial charge on any atom is -0.479 e. The molecule has 3 aromatic rings. The summed E-state index contributed by atoms with van der Waals surface area (Å²) in [4.78, 5) is 48.9. The molecule has 1 heterocycles. The monoisotopic (exact) mass is 494 g/mol. The van der Waals surface area contributed by atoms with E-state index in [0.717, 1.165) is 11.1 Å². The Balaban J connectivity index is 2.42. The topological polar surface area (TPSA) is 126 Å². The number of hydrogen-bond donors (Lipinski definition) is 2. The lowest BCUT2D eigenvalue weighted by atomic mass is 9.91. The van der Waals surface area contributed by atoms with E-state index in [0.29, 0.717) is 27.0 Å². The highest BCUT2D eigenvalue weighted by molar-refractivity contribution is 5.99. The average molecular weight is 495 g/mol. The zero-order valence-electron chi connectivity index (χ0n) is 21.2.